The van der Waals surface area contributed by atoms with Gasteiger partial charge in [-0.15, -0.1) is 0 Å². The SMILES string of the molecule is COc1ccc(S(=O)(=O)NCCc2ccnn2C)cc1N. The standard InChI is InChI=1S/C13H18N4O3S/c1-17-10(5-7-15-17)6-8-16-21(18,19)11-3-4-13(20-2)12(14)9-11/h3-5,7,9,16H,6,8,14H2,1-2H3. The van der Waals surface area contributed by atoms with Gasteiger partial charge in [-0.2, -0.15) is 5.10 Å². The second-order valence-corrected chi connectivity index (χ2v) is 6.26. The van der Waals surface area contributed by atoms with Crippen LogP contribution in [-0.4, -0.2) is 31.9 Å². The molecule has 0 aliphatic carbocycles. The molecule has 0 atom stereocenters. The third kappa shape index (κ3) is 3.53. The molecule has 0 spiro atoms. The maximum absolute atomic E-state index is 12.2. The van der Waals surface area contributed by atoms with Crippen LogP contribution in [0.15, 0.2) is 35.4 Å². The molecule has 7 nitrogen and oxygen atoms in total. The maximum atomic E-state index is 12.2. The normalized spacial score (nSPS) is 11.5. The second-order valence-electron chi connectivity index (χ2n) is 4.50. The molecule has 0 bridgehead atoms. The molecule has 0 radical (unpaired) electrons. The summed E-state index contributed by atoms with van der Waals surface area (Å²) in [5, 5.41) is 4.03. The highest BCUT2D eigenvalue weighted by molar-refractivity contribution is 7.89. The fraction of sp³-hybridized carbons (Fsp3) is 0.308. The number of anilines is 1. The highest BCUT2D eigenvalue weighted by Gasteiger charge is 2.15. The van der Waals surface area contributed by atoms with E-state index in [1.54, 1.807) is 10.9 Å². The zero-order chi connectivity index (χ0) is 15.5. The average Bonchev–Trinajstić information content (AvgIpc) is 2.84. The zero-order valence-corrected chi connectivity index (χ0v) is 12.7. The van der Waals surface area contributed by atoms with Gasteiger partial charge in [-0.05, 0) is 24.3 Å². The Labute approximate surface area is 123 Å². The van der Waals surface area contributed by atoms with Gasteiger partial charge < -0.3 is 10.5 Å². The minimum absolute atomic E-state index is 0.116. The fourth-order valence-corrected chi connectivity index (χ4v) is 2.99. The van der Waals surface area contributed by atoms with Gasteiger partial charge in [0.15, 0.2) is 0 Å². The molecule has 2 rings (SSSR count). The summed E-state index contributed by atoms with van der Waals surface area (Å²) in [5.74, 6) is 0.448. The smallest absolute Gasteiger partial charge is 0.240 e. The molecule has 114 valence electrons. The van der Waals surface area contributed by atoms with Gasteiger partial charge in [-0.1, -0.05) is 0 Å². The number of aromatic nitrogens is 2. The van der Waals surface area contributed by atoms with Gasteiger partial charge in [-0.25, -0.2) is 13.1 Å². The van der Waals surface area contributed by atoms with Crippen molar-refractivity contribution in [1.29, 1.82) is 0 Å². The van der Waals surface area contributed by atoms with Crippen LogP contribution in [0.25, 0.3) is 0 Å². The molecule has 0 saturated carbocycles. The number of benzene rings is 1. The zero-order valence-electron chi connectivity index (χ0n) is 11.9. The number of nitrogen functional groups attached to an aromatic ring is 1. The molecule has 2 aromatic rings. The first kappa shape index (κ1) is 15.3. The van der Waals surface area contributed by atoms with Gasteiger partial charge in [0, 0.05) is 31.9 Å². The van der Waals surface area contributed by atoms with Crippen LogP contribution in [0.2, 0.25) is 0 Å². The van der Waals surface area contributed by atoms with E-state index in [-0.39, 0.29) is 17.1 Å². The highest BCUT2D eigenvalue weighted by atomic mass is 32.2. The van der Waals surface area contributed by atoms with Gasteiger partial charge in [-0.3, -0.25) is 4.68 Å². The third-order valence-corrected chi connectivity index (χ3v) is 4.57. The molecule has 0 unspecified atom stereocenters. The van der Waals surface area contributed by atoms with Crippen LogP contribution >= 0.6 is 0 Å². The number of ether oxygens (including phenoxy) is 1. The highest BCUT2D eigenvalue weighted by Crippen LogP contribution is 2.24. The number of rotatable bonds is 6. The van der Waals surface area contributed by atoms with Crippen molar-refractivity contribution >= 4 is 15.7 Å². The Balaban J connectivity index is 2.05. The topological polar surface area (TPSA) is 99.2 Å². The Bertz CT molecular complexity index is 725. The van der Waals surface area contributed by atoms with E-state index in [2.05, 4.69) is 9.82 Å². The molecule has 1 aromatic carbocycles. The quantitative estimate of drug-likeness (QED) is 0.758. The van der Waals surface area contributed by atoms with Crippen molar-refractivity contribution in [2.45, 2.75) is 11.3 Å². The summed E-state index contributed by atoms with van der Waals surface area (Å²) >= 11 is 0. The third-order valence-electron chi connectivity index (χ3n) is 3.11. The summed E-state index contributed by atoms with van der Waals surface area (Å²) in [7, 11) is -0.297. The van der Waals surface area contributed by atoms with E-state index >= 15 is 0 Å². The fourth-order valence-electron chi connectivity index (χ4n) is 1.92. The van der Waals surface area contributed by atoms with E-state index in [1.807, 2.05) is 13.1 Å². The molecule has 1 aromatic heterocycles. The van der Waals surface area contributed by atoms with Crippen LogP contribution in [0.1, 0.15) is 5.69 Å². The van der Waals surface area contributed by atoms with E-state index in [9.17, 15) is 8.42 Å². The summed E-state index contributed by atoms with van der Waals surface area (Å²) in [6.45, 7) is 0.286. The Morgan fingerprint density at radius 3 is 2.71 bits per heavy atom. The minimum atomic E-state index is -3.59. The van der Waals surface area contributed by atoms with Crippen LogP contribution in [0, 0.1) is 0 Å². The van der Waals surface area contributed by atoms with Crippen molar-refractivity contribution in [2.24, 2.45) is 7.05 Å². The van der Waals surface area contributed by atoms with Gasteiger partial charge in [0.1, 0.15) is 5.75 Å². The van der Waals surface area contributed by atoms with Crippen molar-refractivity contribution in [1.82, 2.24) is 14.5 Å². The van der Waals surface area contributed by atoms with Crippen LogP contribution < -0.4 is 15.2 Å². The van der Waals surface area contributed by atoms with Crippen molar-refractivity contribution in [3.05, 3.63) is 36.2 Å². The first-order valence-electron chi connectivity index (χ1n) is 6.34. The Hall–Kier alpha value is -2.06. The first-order chi connectivity index (χ1) is 9.94. The molecule has 8 heteroatoms. The van der Waals surface area contributed by atoms with E-state index in [0.717, 1.165) is 5.69 Å². The van der Waals surface area contributed by atoms with Gasteiger partial charge in [0.05, 0.1) is 17.7 Å². The number of sulfonamides is 1. The summed E-state index contributed by atoms with van der Waals surface area (Å²) in [5.41, 5.74) is 6.96. The number of nitrogens with two attached hydrogens (primary N) is 1. The minimum Gasteiger partial charge on any atom is -0.495 e. The molecule has 0 saturated heterocycles. The van der Waals surface area contributed by atoms with Crippen LogP contribution in [0.4, 0.5) is 5.69 Å². The molecule has 0 fully saturated rings. The number of nitrogens with zero attached hydrogens (tertiary/aromatic N) is 2. The number of nitrogens with one attached hydrogen (secondary N) is 1. The van der Waals surface area contributed by atoms with Gasteiger partial charge in [0.2, 0.25) is 10.0 Å². The molecular formula is C13H18N4O3S. The van der Waals surface area contributed by atoms with E-state index in [1.165, 1.54) is 25.3 Å². The predicted molar refractivity (Wildman–Crippen MR) is 79.5 cm³/mol. The van der Waals surface area contributed by atoms with E-state index in [0.29, 0.717) is 12.2 Å². The van der Waals surface area contributed by atoms with E-state index in [4.69, 9.17) is 10.5 Å². The Kier molecular flexibility index (Phi) is 4.49. The van der Waals surface area contributed by atoms with Gasteiger partial charge >= 0.3 is 0 Å². The molecule has 3 N–H and O–H groups in total. The number of hydrogen-bond donors (Lipinski definition) is 2. The van der Waals surface area contributed by atoms with Crippen molar-refractivity contribution in [3.63, 3.8) is 0 Å². The van der Waals surface area contributed by atoms with Crippen molar-refractivity contribution < 1.29 is 13.2 Å². The number of hydrogen-bond acceptors (Lipinski definition) is 5. The van der Waals surface area contributed by atoms with Crippen LogP contribution in [0.5, 0.6) is 5.75 Å². The molecule has 1 heterocycles. The summed E-state index contributed by atoms with van der Waals surface area (Å²) in [4.78, 5) is 0.116. The number of methoxy groups -OCH3 is 1. The first-order valence-corrected chi connectivity index (χ1v) is 7.82. The van der Waals surface area contributed by atoms with Crippen molar-refractivity contribution in [3.8, 4) is 5.75 Å². The largest absolute Gasteiger partial charge is 0.495 e. The Morgan fingerprint density at radius 2 is 2.14 bits per heavy atom. The monoisotopic (exact) mass is 310 g/mol. The molecule has 21 heavy (non-hydrogen) atoms. The molecule has 0 aliphatic rings. The predicted octanol–water partition coefficient (Wildman–Crippen LogP) is 0.532. The second kappa shape index (κ2) is 6.15. The lowest BCUT2D eigenvalue weighted by molar-refractivity contribution is 0.416. The Morgan fingerprint density at radius 1 is 1.38 bits per heavy atom. The average molecular weight is 310 g/mol. The lowest BCUT2D eigenvalue weighted by Gasteiger charge is -2.09. The molecule has 0 amide bonds. The van der Waals surface area contributed by atoms with Crippen molar-refractivity contribution in [2.75, 3.05) is 19.4 Å². The van der Waals surface area contributed by atoms with Crippen LogP contribution in [-0.2, 0) is 23.5 Å². The molecule has 0 aliphatic heterocycles. The summed E-state index contributed by atoms with van der Waals surface area (Å²) in [6.07, 6.45) is 2.23. The van der Waals surface area contributed by atoms with E-state index < -0.39 is 10.0 Å². The lowest BCUT2D eigenvalue weighted by atomic mass is 10.3. The molecular weight excluding hydrogens is 292 g/mol. The summed E-state index contributed by atoms with van der Waals surface area (Å²) in [6, 6.07) is 6.22. The van der Waals surface area contributed by atoms with Crippen LogP contribution in [0.3, 0.4) is 0 Å². The number of aryl methyl sites for hydroxylation is 1. The lowest BCUT2D eigenvalue weighted by Crippen LogP contribution is -2.26. The summed E-state index contributed by atoms with van der Waals surface area (Å²) < 4.78 is 33.6. The maximum Gasteiger partial charge on any atom is 0.240 e. The van der Waals surface area contributed by atoms with Gasteiger partial charge in [0.25, 0.3) is 0 Å².